The molecule has 0 fully saturated rings. The average Bonchev–Trinajstić information content (AvgIpc) is 2.86. The number of methoxy groups -OCH3 is 2. The van der Waals surface area contributed by atoms with Gasteiger partial charge in [-0.3, -0.25) is 0 Å². The summed E-state index contributed by atoms with van der Waals surface area (Å²) in [5, 5.41) is 9.27. The van der Waals surface area contributed by atoms with E-state index < -0.39 is 0 Å². The van der Waals surface area contributed by atoms with Crippen LogP contribution in [0.15, 0.2) is 36.5 Å². The van der Waals surface area contributed by atoms with Crippen molar-refractivity contribution in [2.24, 2.45) is 0 Å². The maximum Gasteiger partial charge on any atom is 0.143 e. The summed E-state index contributed by atoms with van der Waals surface area (Å²) in [7, 11) is 3.24. The minimum absolute atomic E-state index is 0.0205. The first-order valence-corrected chi connectivity index (χ1v) is 5.29. The molecular weight excluding hydrogens is 218 g/mol. The fourth-order valence-corrected chi connectivity index (χ4v) is 1.77. The smallest absolute Gasteiger partial charge is 0.143 e. The number of aliphatic hydroxyl groups is 1. The molecule has 4 nitrogen and oxygen atoms in total. The second-order valence-corrected chi connectivity index (χ2v) is 3.57. The van der Waals surface area contributed by atoms with E-state index >= 15 is 0 Å². The van der Waals surface area contributed by atoms with Gasteiger partial charge in [-0.1, -0.05) is 0 Å². The van der Waals surface area contributed by atoms with Gasteiger partial charge >= 0.3 is 0 Å². The molecule has 1 N–H and O–H groups in total. The molecule has 0 amide bonds. The monoisotopic (exact) mass is 233 g/mol. The number of benzene rings is 1. The van der Waals surface area contributed by atoms with Gasteiger partial charge in [0.1, 0.15) is 11.5 Å². The van der Waals surface area contributed by atoms with Crippen molar-refractivity contribution in [3.8, 4) is 17.2 Å². The van der Waals surface area contributed by atoms with E-state index in [1.807, 2.05) is 41.1 Å². The molecule has 0 saturated heterocycles. The van der Waals surface area contributed by atoms with Crippen LogP contribution in [-0.4, -0.2) is 23.9 Å². The lowest BCUT2D eigenvalue weighted by Crippen LogP contribution is -2.01. The standard InChI is InChI=1S/C13H15NO3/c1-16-11-5-6-13(17-2)12(8-11)14-7-3-4-10(14)9-15/h3-8,15H,9H2,1-2H3. The van der Waals surface area contributed by atoms with Gasteiger partial charge in [0, 0.05) is 18.0 Å². The summed E-state index contributed by atoms with van der Waals surface area (Å²) >= 11 is 0. The van der Waals surface area contributed by atoms with Crippen LogP contribution in [0.3, 0.4) is 0 Å². The number of ether oxygens (including phenoxy) is 2. The molecule has 0 saturated carbocycles. The summed E-state index contributed by atoms with van der Waals surface area (Å²) < 4.78 is 12.4. The second kappa shape index (κ2) is 4.93. The van der Waals surface area contributed by atoms with E-state index in [0.29, 0.717) is 0 Å². The van der Waals surface area contributed by atoms with Gasteiger partial charge in [-0.05, 0) is 24.3 Å². The Bertz CT molecular complexity index is 505. The Hall–Kier alpha value is -1.94. The van der Waals surface area contributed by atoms with Crippen LogP contribution in [0.4, 0.5) is 0 Å². The SMILES string of the molecule is COc1ccc(OC)c(-n2cccc2CO)c1. The van der Waals surface area contributed by atoms with Crippen LogP contribution in [0.5, 0.6) is 11.5 Å². The lowest BCUT2D eigenvalue weighted by atomic mass is 10.2. The Morgan fingerprint density at radius 3 is 2.65 bits per heavy atom. The number of aromatic nitrogens is 1. The van der Waals surface area contributed by atoms with Gasteiger partial charge < -0.3 is 19.1 Å². The number of aliphatic hydroxyl groups excluding tert-OH is 1. The number of hydrogen-bond donors (Lipinski definition) is 1. The molecule has 1 aromatic carbocycles. The molecule has 0 radical (unpaired) electrons. The maximum absolute atomic E-state index is 9.27. The first-order chi connectivity index (χ1) is 8.30. The van der Waals surface area contributed by atoms with Crippen molar-refractivity contribution in [2.75, 3.05) is 14.2 Å². The van der Waals surface area contributed by atoms with E-state index in [1.165, 1.54) is 0 Å². The molecule has 0 aliphatic heterocycles. The van der Waals surface area contributed by atoms with E-state index in [1.54, 1.807) is 14.2 Å². The molecule has 1 heterocycles. The topological polar surface area (TPSA) is 43.6 Å². The van der Waals surface area contributed by atoms with Crippen LogP contribution in [0.2, 0.25) is 0 Å². The van der Waals surface area contributed by atoms with E-state index in [0.717, 1.165) is 22.9 Å². The minimum Gasteiger partial charge on any atom is -0.497 e. The molecule has 0 spiro atoms. The molecule has 2 rings (SSSR count). The maximum atomic E-state index is 9.27. The van der Waals surface area contributed by atoms with Gasteiger partial charge in [-0.15, -0.1) is 0 Å². The molecule has 0 unspecified atom stereocenters. The molecule has 4 heteroatoms. The van der Waals surface area contributed by atoms with Crippen molar-refractivity contribution in [1.29, 1.82) is 0 Å². The highest BCUT2D eigenvalue weighted by molar-refractivity contribution is 5.52. The summed E-state index contributed by atoms with van der Waals surface area (Å²) in [6, 6.07) is 9.29. The fourth-order valence-electron chi connectivity index (χ4n) is 1.77. The van der Waals surface area contributed by atoms with Crippen molar-refractivity contribution < 1.29 is 14.6 Å². The Morgan fingerprint density at radius 2 is 2.00 bits per heavy atom. The van der Waals surface area contributed by atoms with E-state index in [9.17, 15) is 5.11 Å². The quantitative estimate of drug-likeness (QED) is 0.878. The third kappa shape index (κ3) is 2.12. The van der Waals surface area contributed by atoms with E-state index in [-0.39, 0.29) is 6.61 Å². The van der Waals surface area contributed by atoms with Gasteiger partial charge in [-0.2, -0.15) is 0 Å². The number of hydrogen-bond acceptors (Lipinski definition) is 3. The van der Waals surface area contributed by atoms with Crippen molar-refractivity contribution >= 4 is 0 Å². The second-order valence-electron chi connectivity index (χ2n) is 3.57. The zero-order chi connectivity index (χ0) is 12.3. The Morgan fingerprint density at radius 1 is 1.18 bits per heavy atom. The molecule has 0 aliphatic carbocycles. The summed E-state index contributed by atoms with van der Waals surface area (Å²) in [5.74, 6) is 1.48. The first kappa shape index (κ1) is 11.5. The molecular formula is C13H15NO3. The van der Waals surface area contributed by atoms with Gasteiger partial charge in [0.25, 0.3) is 0 Å². The molecule has 90 valence electrons. The van der Waals surface area contributed by atoms with Crippen LogP contribution < -0.4 is 9.47 Å². The molecule has 1 aromatic heterocycles. The highest BCUT2D eigenvalue weighted by Crippen LogP contribution is 2.28. The summed E-state index contributed by atoms with van der Waals surface area (Å²) in [6.07, 6.45) is 1.88. The van der Waals surface area contributed by atoms with Crippen molar-refractivity contribution in [2.45, 2.75) is 6.61 Å². The zero-order valence-electron chi connectivity index (χ0n) is 9.88. The summed E-state index contributed by atoms with van der Waals surface area (Å²) in [5.41, 5.74) is 1.65. The minimum atomic E-state index is -0.0205. The Kier molecular flexibility index (Phi) is 3.35. The Balaban J connectivity index is 2.56. The number of rotatable bonds is 4. The lowest BCUT2D eigenvalue weighted by Gasteiger charge is -2.13. The van der Waals surface area contributed by atoms with Crippen molar-refractivity contribution in [1.82, 2.24) is 4.57 Å². The fraction of sp³-hybridized carbons (Fsp3) is 0.231. The normalized spacial score (nSPS) is 10.3. The molecule has 0 atom stereocenters. The van der Waals surface area contributed by atoms with Crippen molar-refractivity contribution in [3.63, 3.8) is 0 Å². The molecule has 0 aliphatic rings. The number of nitrogens with zero attached hydrogens (tertiary/aromatic N) is 1. The third-order valence-electron chi connectivity index (χ3n) is 2.64. The predicted octanol–water partition coefficient (Wildman–Crippen LogP) is 1.99. The Labute approximate surface area is 100 Å². The highest BCUT2D eigenvalue weighted by Gasteiger charge is 2.09. The average molecular weight is 233 g/mol. The van der Waals surface area contributed by atoms with Crippen molar-refractivity contribution in [3.05, 3.63) is 42.2 Å². The third-order valence-corrected chi connectivity index (χ3v) is 2.64. The first-order valence-electron chi connectivity index (χ1n) is 5.29. The van der Waals surface area contributed by atoms with Gasteiger partial charge in [0.2, 0.25) is 0 Å². The van der Waals surface area contributed by atoms with Crippen LogP contribution in [0.1, 0.15) is 5.69 Å². The molecule has 2 aromatic rings. The largest absolute Gasteiger partial charge is 0.497 e. The van der Waals surface area contributed by atoms with E-state index in [2.05, 4.69) is 0 Å². The van der Waals surface area contributed by atoms with Crippen LogP contribution in [0, 0.1) is 0 Å². The van der Waals surface area contributed by atoms with E-state index in [4.69, 9.17) is 9.47 Å². The summed E-state index contributed by atoms with van der Waals surface area (Å²) in [6.45, 7) is -0.0205. The van der Waals surface area contributed by atoms with Crippen LogP contribution in [-0.2, 0) is 6.61 Å². The van der Waals surface area contributed by atoms with Crippen LogP contribution >= 0.6 is 0 Å². The highest BCUT2D eigenvalue weighted by atomic mass is 16.5. The van der Waals surface area contributed by atoms with Gasteiger partial charge in [0.15, 0.2) is 0 Å². The van der Waals surface area contributed by atoms with Gasteiger partial charge in [-0.25, -0.2) is 0 Å². The van der Waals surface area contributed by atoms with Gasteiger partial charge in [0.05, 0.1) is 26.5 Å². The molecule has 17 heavy (non-hydrogen) atoms. The summed E-state index contributed by atoms with van der Waals surface area (Å²) in [4.78, 5) is 0. The molecule has 0 bridgehead atoms. The van der Waals surface area contributed by atoms with Crippen LogP contribution in [0.25, 0.3) is 5.69 Å². The zero-order valence-corrected chi connectivity index (χ0v) is 9.88. The lowest BCUT2D eigenvalue weighted by molar-refractivity contribution is 0.274. The predicted molar refractivity (Wildman–Crippen MR) is 64.8 cm³/mol.